The Kier molecular flexibility index (Phi) is 6.05. The molecule has 0 aliphatic carbocycles. The minimum absolute atomic E-state index is 0.0623. The predicted octanol–water partition coefficient (Wildman–Crippen LogP) is 3.51. The van der Waals surface area contributed by atoms with Crippen molar-refractivity contribution in [3.05, 3.63) is 79.0 Å². The zero-order chi connectivity index (χ0) is 19.1. The second-order valence-electron chi connectivity index (χ2n) is 6.30. The number of fused-ring (bicyclic) bond motifs is 1. The Morgan fingerprint density at radius 2 is 1.81 bits per heavy atom. The maximum Gasteiger partial charge on any atom is 0.247 e. The molecule has 0 aliphatic rings. The number of hydrogen-bond acceptors (Lipinski definition) is 2. The molecule has 0 saturated carbocycles. The number of aromatic nitrogens is 1. The van der Waals surface area contributed by atoms with E-state index in [1.165, 1.54) is 17.0 Å². The summed E-state index contributed by atoms with van der Waals surface area (Å²) in [6, 6.07) is 17.6. The molecule has 1 aromatic heterocycles. The van der Waals surface area contributed by atoms with Crippen molar-refractivity contribution < 1.29 is 9.59 Å². The second kappa shape index (κ2) is 8.85. The molecule has 5 nitrogen and oxygen atoms in total. The van der Waals surface area contributed by atoms with E-state index in [9.17, 15) is 9.59 Å². The van der Waals surface area contributed by atoms with Gasteiger partial charge >= 0.3 is 0 Å². The molecular weight excluding hydrogens is 338 g/mol. The molecule has 0 unspecified atom stereocenters. The lowest BCUT2D eigenvalue weighted by Crippen LogP contribution is -2.27. The molecule has 0 bridgehead atoms. The Balaban J connectivity index is 1.49. The number of amides is 2. The molecule has 0 spiro atoms. The Morgan fingerprint density at radius 1 is 1.04 bits per heavy atom. The molecule has 2 amide bonds. The highest BCUT2D eigenvalue weighted by atomic mass is 16.2. The van der Waals surface area contributed by atoms with Gasteiger partial charge in [0, 0.05) is 30.5 Å². The fraction of sp³-hybridized carbons (Fsp3) is 0.182. The van der Waals surface area contributed by atoms with Crippen molar-refractivity contribution in [2.75, 3.05) is 11.9 Å². The average Bonchev–Trinajstić information content (AvgIpc) is 3.10. The van der Waals surface area contributed by atoms with Crippen LogP contribution in [0.4, 0.5) is 5.69 Å². The SMILES string of the molecule is C=CC(=O)Nc1ccccc1CC(=O)NCCCn1ccc2ccccc21. The first-order valence-corrected chi connectivity index (χ1v) is 8.99. The minimum Gasteiger partial charge on any atom is -0.356 e. The summed E-state index contributed by atoms with van der Waals surface area (Å²) in [6.07, 6.45) is 4.35. The Bertz CT molecular complexity index is 959. The molecule has 2 N–H and O–H groups in total. The smallest absolute Gasteiger partial charge is 0.247 e. The number of carbonyl (C=O) groups excluding carboxylic acids is 2. The van der Waals surface area contributed by atoms with Crippen LogP contribution < -0.4 is 10.6 Å². The first kappa shape index (κ1) is 18.5. The topological polar surface area (TPSA) is 63.1 Å². The van der Waals surface area contributed by atoms with E-state index in [1.807, 2.05) is 30.3 Å². The summed E-state index contributed by atoms with van der Waals surface area (Å²) in [6.45, 7) is 4.89. The van der Waals surface area contributed by atoms with Gasteiger partial charge in [0.2, 0.25) is 11.8 Å². The predicted molar refractivity (Wildman–Crippen MR) is 109 cm³/mol. The molecule has 5 heteroatoms. The van der Waals surface area contributed by atoms with Gasteiger partial charge in [-0.1, -0.05) is 43.0 Å². The van der Waals surface area contributed by atoms with Gasteiger partial charge in [-0.25, -0.2) is 0 Å². The molecule has 27 heavy (non-hydrogen) atoms. The van der Waals surface area contributed by atoms with Gasteiger partial charge in [0.15, 0.2) is 0 Å². The van der Waals surface area contributed by atoms with Crippen LogP contribution in [0, 0.1) is 0 Å². The molecule has 0 radical (unpaired) electrons. The van der Waals surface area contributed by atoms with Gasteiger partial charge in [0.1, 0.15) is 0 Å². The number of rotatable bonds is 8. The lowest BCUT2D eigenvalue weighted by atomic mass is 10.1. The van der Waals surface area contributed by atoms with Crippen molar-refractivity contribution in [1.29, 1.82) is 0 Å². The molecule has 0 saturated heterocycles. The van der Waals surface area contributed by atoms with E-state index in [0.717, 1.165) is 18.5 Å². The maximum absolute atomic E-state index is 12.2. The first-order valence-electron chi connectivity index (χ1n) is 8.99. The Hall–Kier alpha value is -3.34. The van der Waals surface area contributed by atoms with Crippen LogP contribution in [0.3, 0.4) is 0 Å². The molecule has 138 valence electrons. The second-order valence-corrected chi connectivity index (χ2v) is 6.30. The fourth-order valence-electron chi connectivity index (χ4n) is 3.03. The van der Waals surface area contributed by atoms with Crippen LogP contribution >= 0.6 is 0 Å². The first-order chi connectivity index (χ1) is 13.2. The van der Waals surface area contributed by atoms with Gasteiger partial charge < -0.3 is 15.2 Å². The molecule has 0 aliphatic heterocycles. The number of nitrogens with zero attached hydrogens (tertiary/aromatic N) is 1. The van der Waals surface area contributed by atoms with E-state index in [2.05, 4.69) is 46.2 Å². The summed E-state index contributed by atoms with van der Waals surface area (Å²) in [4.78, 5) is 23.7. The number of carbonyl (C=O) groups is 2. The van der Waals surface area contributed by atoms with E-state index < -0.39 is 0 Å². The van der Waals surface area contributed by atoms with Crippen molar-refractivity contribution in [1.82, 2.24) is 9.88 Å². The van der Waals surface area contributed by atoms with Crippen molar-refractivity contribution in [3.8, 4) is 0 Å². The number of aryl methyl sites for hydroxylation is 1. The third-order valence-corrected chi connectivity index (χ3v) is 4.39. The van der Waals surface area contributed by atoms with Crippen LogP contribution in [0.2, 0.25) is 0 Å². The number of para-hydroxylation sites is 2. The lowest BCUT2D eigenvalue weighted by molar-refractivity contribution is -0.120. The third-order valence-electron chi connectivity index (χ3n) is 4.39. The van der Waals surface area contributed by atoms with Crippen LogP contribution in [0.1, 0.15) is 12.0 Å². The summed E-state index contributed by atoms with van der Waals surface area (Å²) in [5.74, 6) is -0.352. The lowest BCUT2D eigenvalue weighted by Gasteiger charge is -2.11. The summed E-state index contributed by atoms with van der Waals surface area (Å²) >= 11 is 0. The van der Waals surface area contributed by atoms with Gasteiger partial charge in [0.25, 0.3) is 0 Å². The highest BCUT2D eigenvalue weighted by molar-refractivity contribution is 5.99. The van der Waals surface area contributed by atoms with Crippen molar-refractivity contribution >= 4 is 28.4 Å². The number of benzene rings is 2. The summed E-state index contributed by atoms with van der Waals surface area (Å²) in [5, 5.41) is 6.90. The largest absolute Gasteiger partial charge is 0.356 e. The van der Waals surface area contributed by atoms with Crippen molar-refractivity contribution in [2.24, 2.45) is 0 Å². The minimum atomic E-state index is -0.290. The molecule has 0 atom stereocenters. The third kappa shape index (κ3) is 4.85. The van der Waals surface area contributed by atoms with Crippen molar-refractivity contribution in [2.45, 2.75) is 19.4 Å². The fourth-order valence-corrected chi connectivity index (χ4v) is 3.03. The van der Waals surface area contributed by atoms with E-state index in [1.54, 1.807) is 6.07 Å². The molecule has 3 rings (SSSR count). The maximum atomic E-state index is 12.2. The zero-order valence-corrected chi connectivity index (χ0v) is 15.2. The van der Waals surface area contributed by atoms with Crippen LogP contribution in [-0.4, -0.2) is 22.9 Å². The Morgan fingerprint density at radius 3 is 2.67 bits per heavy atom. The monoisotopic (exact) mass is 361 g/mol. The van der Waals surface area contributed by atoms with Crippen LogP contribution in [0.15, 0.2) is 73.4 Å². The molecule has 1 heterocycles. The molecule has 2 aromatic carbocycles. The standard InChI is InChI=1S/C22H23N3O2/c1-2-21(26)24-19-10-5-3-9-18(19)16-22(27)23-13-7-14-25-15-12-17-8-4-6-11-20(17)25/h2-6,8-12,15H,1,7,13-14,16H2,(H,23,27)(H,24,26). The summed E-state index contributed by atoms with van der Waals surface area (Å²) < 4.78 is 2.20. The van der Waals surface area contributed by atoms with E-state index in [0.29, 0.717) is 12.2 Å². The van der Waals surface area contributed by atoms with Gasteiger partial charge in [0.05, 0.1) is 6.42 Å². The van der Waals surface area contributed by atoms with E-state index >= 15 is 0 Å². The molecule has 0 fully saturated rings. The number of nitrogens with one attached hydrogen (secondary N) is 2. The van der Waals surface area contributed by atoms with E-state index in [4.69, 9.17) is 0 Å². The average molecular weight is 361 g/mol. The number of anilines is 1. The van der Waals surface area contributed by atoms with Gasteiger partial charge in [-0.05, 0) is 41.6 Å². The zero-order valence-electron chi connectivity index (χ0n) is 15.2. The van der Waals surface area contributed by atoms with Crippen LogP contribution in [0.25, 0.3) is 10.9 Å². The Labute approximate surface area is 158 Å². The van der Waals surface area contributed by atoms with Gasteiger partial charge in [-0.3, -0.25) is 9.59 Å². The number of hydrogen-bond donors (Lipinski definition) is 2. The summed E-state index contributed by atoms with van der Waals surface area (Å²) in [5.41, 5.74) is 2.62. The van der Waals surface area contributed by atoms with Crippen molar-refractivity contribution in [3.63, 3.8) is 0 Å². The highest BCUT2D eigenvalue weighted by Crippen LogP contribution is 2.16. The molecular formula is C22H23N3O2. The highest BCUT2D eigenvalue weighted by Gasteiger charge is 2.09. The van der Waals surface area contributed by atoms with Crippen LogP contribution in [-0.2, 0) is 22.6 Å². The van der Waals surface area contributed by atoms with Gasteiger partial charge in [-0.2, -0.15) is 0 Å². The van der Waals surface area contributed by atoms with Gasteiger partial charge in [-0.15, -0.1) is 0 Å². The normalized spacial score (nSPS) is 10.5. The quantitative estimate of drug-likeness (QED) is 0.476. The summed E-state index contributed by atoms with van der Waals surface area (Å²) in [7, 11) is 0. The van der Waals surface area contributed by atoms with E-state index in [-0.39, 0.29) is 18.2 Å². The molecule has 3 aromatic rings. The van der Waals surface area contributed by atoms with Crippen LogP contribution in [0.5, 0.6) is 0 Å².